The maximum absolute atomic E-state index is 12.3. The fourth-order valence-electron chi connectivity index (χ4n) is 3.66. The molecule has 0 aromatic heterocycles. The van der Waals surface area contributed by atoms with Gasteiger partial charge in [0.1, 0.15) is 0 Å². The highest BCUT2D eigenvalue weighted by molar-refractivity contribution is 7.91. The molecule has 110 valence electrons. The van der Waals surface area contributed by atoms with Gasteiger partial charge in [-0.2, -0.15) is 0 Å². The summed E-state index contributed by atoms with van der Waals surface area (Å²) >= 11 is 0. The smallest absolute Gasteiger partial charge is 0.178 e. The van der Waals surface area contributed by atoms with E-state index in [4.69, 9.17) is 5.73 Å². The first-order chi connectivity index (χ1) is 9.49. The molecule has 1 fully saturated rings. The lowest BCUT2D eigenvalue weighted by molar-refractivity contribution is 0.109. The van der Waals surface area contributed by atoms with Crippen molar-refractivity contribution in [2.24, 2.45) is 11.7 Å². The Labute approximate surface area is 120 Å². The summed E-state index contributed by atoms with van der Waals surface area (Å²) in [5.41, 5.74) is 6.74. The van der Waals surface area contributed by atoms with Gasteiger partial charge >= 0.3 is 0 Å². The van der Waals surface area contributed by atoms with E-state index in [-0.39, 0.29) is 11.3 Å². The molecule has 2 atom stereocenters. The van der Waals surface area contributed by atoms with Gasteiger partial charge in [0.25, 0.3) is 0 Å². The summed E-state index contributed by atoms with van der Waals surface area (Å²) in [6, 6.07) is 7.40. The Balaban J connectivity index is 2.13. The second-order valence-corrected chi connectivity index (χ2v) is 8.22. The first-order valence-corrected chi connectivity index (χ1v) is 8.92. The summed E-state index contributed by atoms with van der Waals surface area (Å²) in [4.78, 5) is 2.89. The van der Waals surface area contributed by atoms with Crippen molar-refractivity contribution in [2.45, 2.75) is 30.2 Å². The molecule has 20 heavy (non-hydrogen) atoms. The van der Waals surface area contributed by atoms with E-state index >= 15 is 0 Å². The highest BCUT2D eigenvalue weighted by Gasteiger charge is 2.46. The SMILES string of the molecule is CC1CCN(C2(CN)CCS(=O)(=O)c3ccccc32)C1. The van der Waals surface area contributed by atoms with Crippen molar-refractivity contribution in [1.29, 1.82) is 0 Å². The third kappa shape index (κ3) is 2.00. The fraction of sp³-hybridized carbons (Fsp3) is 0.600. The topological polar surface area (TPSA) is 63.4 Å². The van der Waals surface area contributed by atoms with Gasteiger partial charge in [-0.25, -0.2) is 8.42 Å². The first-order valence-electron chi connectivity index (χ1n) is 7.27. The number of rotatable bonds is 2. The monoisotopic (exact) mass is 294 g/mol. The molecule has 2 heterocycles. The standard InChI is InChI=1S/C15H22N2O2S/c1-12-6-8-17(10-12)15(11-16)7-9-20(18,19)14-5-3-2-4-13(14)15/h2-5,12H,6-11,16H2,1H3. The largest absolute Gasteiger partial charge is 0.328 e. The van der Waals surface area contributed by atoms with Crippen LogP contribution in [0.25, 0.3) is 0 Å². The zero-order valence-corrected chi connectivity index (χ0v) is 12.7. The Hall–Kier alpha value is -0.910. The minimum absolute atomic E-state index is 0.200. The molecule has 0 radical (unpaired) electrons. The summed E-state index contributed by atoms with van der Waals surface area (Å²) < 4.78 is 24.6. The quantitative estimate of drug-likeness (QED) is 0.894. The zero-order chi connectivity index (χ0) is 14.4. The molecule has 0 amide bonds. The first kappa shape index (κ1) is 14.0. The lowest BCUT2D eigenvalue weighted by Crippen LogP contribution is -2.53. The number of hydrogen-bond donors (Lipinski definition) is 1. The van der Waals surface area contributed by atoms with E-state index in [0.717, 1.165) is 25.1 Å². The van der Waals surface area contributed by atoms with Crippen molar-refractivity contribution in [3.8, 4) is 0 Å². The molecule has 0 saturated carbocycles. The fourth-order valence-corrected chi connectivity index (χ4v) is 5.37. The highest BCUT2D eigenvalue weighted by Crippen LogP contribution is 2.42. The molecular weight excluding hydrogens is 272 g/mol. The van der Waals surface area contributed by atoms with Crippen molar-refractivity contribution < 1.29 is 8.42 Å². The van der Waals surface area contributed by atoms with Gasteiger partial charge in [-0.15, -0.1) is 0 Å². The Morgan fingerprint density at radius 2 is 2.15 bits per heavy atom. The third-order valence-corrected chi connectivity index (χ3v) is 6.64. The second kappa shape index (κ2) is 4.83. The van der Waals surface area contributed by atoms with E-state index in [9.17, 15) is 8.42 Å². The molecule has 2 N–H and O–H groups in total. The van der Waals surface area contributed by atoms with Crippen molar-refractivity contribution >= 4 is 9.84 Å². The maximum Gasteiger partial charge on any atom is 0.178 e. The van der Waals surface area contributed by atoms with E-state index in [1.165, 1.54) is 0 Å². The van der Waals surface area contributed by atoms with Crippen LogP contribution < -0.4 is 5.73 Å². The van der Waals surface area contributed by atoms with Gasteiger partial charge in [-0.05, 0) is 36.9 Å². The van der Waals surface area contributed by atoms with Crippen LogP contribution in [0.15, 0.2) is 29.2 Å². The van der Waals surface area contributed by atoms with Crippen LogP contribution in [0, 0.1) is 5.92 Å². The van der Waals surface area contributed by atoms with Gasteiger partial charge in [-0.3, -0.25) is 4.90 Å². The molecule has 1 saturated heterocycles. The average molecular weight is 294 g/mol. The summed E-state index contributed by atoms with van der Waals surface area (Å²) in [6.45, 7) is 4.74. The van der Waals surface area contributed by atoms with Crippen LogP contribution in [-0.4, -0.2) is 38.7 Å². The number of likely N-dealkylation sites (tertiary alicyclic amines) is 1. The van der Waals surface area contributed by atoms with Crippen molar-refractivity contribution in [3.05, 3.63) is 29.8 Å². The molecule has 2 unspecified atom stereocenters. The van der Waals surface area contributed by atoms with Crippen LogP contribution in [0.4, 0.5) is 0 Å². The Kier molecular flexibility index (Phi) is 3.39. The second-order valence-electron chi connectivity index (χ2n) is 6.14. The lowest BCUT2D eigenvalue weighted by atomic mass is 9.85. The zero-order valence-electron chi connectivity index (χ0n) is 11.9. The Bertz CT molecular complexity index is 614. The van der Waals surface area contributed by atoms with E-state index in [0.29, 0.717) is 23.8 Å². The summed E-state index contributed by atoms with van der Waals surface area (Å²) in [7, 11) is -3.15. The maximum atomic E-state index is 12.3. The van der Waals surface area contributed by atoms with Crippen LogP contribution in [0.5, 0.6) is 0 Å². The molecule has 2 aliphatic heterocycles. The summed E-state index contributed by atoms with van der Waals surface area (Å²) in [5.74, 6) is 0.857. The summed E-state index contributed by atoms with van der Waals surface area (Å²) in [5, 5.41) is 0. The molecule has 0 bridgehead atoms. The van der Waals surface area contributed by atoms with E-state index in [1.54, 1.807) is 12.1 Å². The normalized spacial score (nSPS) is 33.0. The summed E-state index contributed by atoms with van der Waals surface area (Å²) in [6.07, 6.45) is 1.77. The average Bonchev–Trinajstić information content (AvgIpc) is 2.87. The van der Waals surface area contributed by atoms with Crippen LogP contribution >= 0.6 is 0 Å². The highest BCUT2D eigenvalue weighted by atomic mass is 32.2. The number of hydrogen-bond acceptors (Lipinski definition) is 4. The van der Waals surface area contributed by atoms with Crippen LogP contribution in [-0.2, 0) is 15.4 Å². The number of fused-ring (bicyclic) bond motifs is 1. The minimum atomic E-state index is -3.15. The molecule has 0 aliphatic carbocycles. The van der Waals surface area contributed by atoms with E-state index in [2.05, 4.69) is 11.8 Å². The Morgan fingerprint density at radius 1 is 1.40 bits per heavy atom. The molecule has 0 spiro atoms. The van der Waals surface area contributed by atoms with Crippen LogP contribution in [0.1, 0.15) is 25.3 Å². The van der Waals surface area contributed by atoms with Gasteiger partial charge in [0, 0.05) is 13.1 Å². The number of nitrogens with zero attached hydrogens (tertiary/aromatic N) is 1. The minimum Gasteiger partial charge on any atom is -0.328 e. The Morgan fingerprint density at radius 3 is 2.80 bits per heavy atom. The predicted octanol–water partition coefficient (Wildman–Crippen LogP) is 1.36. The van der Waals surface area contributed by atoms with Gasteiger partial charge in [0.15, 0.2) is 9.84 Å². The molecule has 2 aliphatic rings. The lowest BCUT2D eigenvalue weighted by Gasteiger charge is -2.45. The molecule has 5 heteroatoms. The van der Waals surface area contributed by atoms with Gasteiger partial charge in [-0.1, -0.05) is 25.1 Å². The molecule has 1 aromatic rings. The van der Waals surface area contributed by atoms with Crippen molar-refractivity contribution in [1.82, 2.24) is 4.90 Å². The van der Waals surface area contributed by atoms with E-state index < -0.39 is 9.84 Å². The number of sulfone groups is 1. The van der Waals surface area contributed by atoms with Gasteiger partial charge < -0.3 is 5.73 Å². The van der Waals surface area contributed by atoms with Crippen molar-refractivity contribution in [2.75, 3.05) is 25.4 Å². The van der Waals surface area contributed by atoms with Crippen LogP contribution in [0.2, 0.25) is 0 Å². The third-order valence-electron chi connectivity index (χ3n) is 4.87. The molecule has 1 aromatic carbocycles. The van der Waals surface area contributed by atoms with E-state index in [1.807, 2.05) is 12.1 Å². The number of benzene rings is 1. The van der Waals surface area contributed by atoms with Gasteiger partial charge in [0.05, 0.1) is 16.2 Å². The number of nitrogens with two attached hydrogens (primary N) is 1. The van der Waals surface area contributed by atoms with Crippen molar-refractivity contribution in [3.63, 3.8) is 0 Å². The molecular formula is C15H22N2O2S. The van der Waals surface area contributed by atoms with Gasteiger partial charge in [0.2, 0.25) is 0 Å². The predicted molar refractivity (Wildman–Crippen MR) is 79.2 cm³/mol. The molecule has 4 nitrogen and oxygen atoms in total. The van der Waals surface area contributed by atoms with Crippen LogP contribution in [0.3, 0.4) is 0 Å². The molecule has 3 rings (SSSR count).